The van der Waals surface area contributed by atoms with Crippen LogP contribution in [0.3, 0.4) is 0 Å². The van der Waals surface area contributed by atoms with Gasteiger partial charge >= 0.3 is 5.97 Å². The zero-order valence-corrected chi connectivity index (χ0v) is 7.06. The molecule has 0 saturated heterocycles. The van der Waals surface area contributed by atoms with E-state index in [0.717, 1.165) is 25.7 Å². The Balaban J connectivity index is 2.85. The Bertz CT molecular complexity index is 104. The summed E-state index contributed by atoms with van der Waals surface area (Å²) in [6.45, 7) is 2.46. The predicted octanol–water partition coefficient (Wildman–Crippen LogP) is 1.39. The predicted molar refractivity (Wildman–Crippen MR) is 43.1 cm³/mol. The number of carbonyl (C=O) groups is 1. The van der Waals surface area contributed by atoms with Gasteiger partial charge in [0.15, 0.2) is 0 Å². The highest BCUT2D eigenvalue weighted by molar-refractivity contribution is 5.65. The van der Waals surface area contributed by atoms with Crippen LogP contribution in [-0.2, 0) is 9.53 Å². The molecule has 11 heavy (non-hydrogen) atoms. The van der Waals surface area contributed by atoms with Crippen molar-refractivity contribution in [3.8, 4) is 0 Å². The van der Waals surface area contributed by atoms with E-state index in [-0.39, 0.29) is 5.97 Å². The fourth-order valence-corrected chi connectivity index (χ4v) is 0.797. The molecule has 1 radical (unpaired) electrons. The highest BCUT2D eigenvalue weighted by atomic mass is 16.5. The number of hydrogen-bond acceptors (Lipinski definition) is 2. The minimum atomic E-state index is -0.203. The molecule has 0 unspecified atom stereocenters. The lowest BCUT2D eigenvalue weighted by Gasteiger charge is -2.00. The molecule has 0 saturated carbocycles. The molecule has 65 valence electrons. The van der Waals surface area contributed by atoms with Crippen LogP contribution in [0.2, 0.25) is 0 Å². The maximum Gasteiger partial charge on any atom is 0.302 e. The molecule has 0 amide bonds. The summed E-state index contributed by atoms with van der Waals surface area (Å²) in [6.07, 6.45) is 4.02. The van der Waals surface area contributed by atoms with E-state index < -0.39 is 0 Å². The van der Waals surface area contributed by atoms with Crippen LogP contribution in [0.5, 0.6) is 0 Å². The third-order valence-electron chi connectivity index (χ3n) is 1.38. The van der Waals surface area contributed by atoms with Gasteiger partial charge in [-0.05, 0) is 12.8 Å². The first kappa shape index (κ1) is 10.4. The average Bonchev–Trinajstić information content (AvgIpc) is 1.96. The lowest BCUT2D eigenvalue weighted by Crippen LogP contribution is -2.00. The minimum absolute atomic E-state index is 0.203. The molecule has 0 spiro atoms. The third kappa shape index (κ3) is 9.43. The Labute approximate surface area is 67.9 Å². The van der Waals surface area contributed by atoms with E-state index in [2.05, 4.69) is 0 Å². The van der Waals surface area contributed by atoms with Crippen molar-refractivity contribution in [1.82, 2.24) is 5.73 Å². The number of rotatable bonds is 6. The molecule has 0 fully saturated rings. The quantitative estimate of drug-likeness (QED) is 0.433. The number of unbranched alkanes of at least 4 members (excludes halogenated alkanes) is 3. The summed E-state index contributed by atoms with van der Waals surface area (Å²) >= 11 is 0. The van der Waals surface area contributed by atoms with E-state index in [1.807, 2.05) is 0 Å². The normalized spacial score (nSPS) is 9.64. The number of ether oxygens (including phenoxy) is 1. The van der Waals surface area contributed by atoms with Crippen molar-refractivity contribution < 1.29 is 9.53 Å². The van der Waals surface area contributed by atoms with Gasteiger partial charge in [-0.1, -0.05) is 12.8 Å². The van der Waals surface area contributed by atoms with Crippen LogP contribution in [0.25, 0.3) is 0 Å². The molecular weight excluding hydrogens is 142 g/mol. The molecule has 0 aromatic carbocycles. The Hall–Kier alpha value is -0.570. The van der Waals surface area contributed by atoms with Gasteiger partial charge in [-0.3, -0.25) is 10.5 Å². The largest absolute Gasteiger partial charge is 0.466 e. The summed E-state index contributed by atoms with van der Waals surface area (Å²) < 4.78 is 4.74. The number of nitrogens with one attached hydrogen (secondary N) is 1. The standard InChI is InChI=1S/C8H16NO2/c1-8(10)11-7-5-3-2-4-6-9/h9H,2-7H2,1H3. The average molecular weight is 158 g/mol. The van der Waals surface area contributed by atoms with Crippen LogP contribution < -0.4 is 5.73 Å². The summed E-state index contributed by atoms with van der Waals surface area (Å²) in [5.41, 5.74) is 6.87. The van der Waals surface area contributed by atoms with Crippen molar-refractivity contribution in [2.45, 2.75) is 32.6 Å². The van der Waals surface area contributed by atoms with Gasteiger partial charge in [-0.15, -0.1) is 0 Å². The third-order valence-corrected chi connectivity index (χ3v) is 1.38. The summed E-state index contributed by atoms with van der Waals surface area (Å²) in [7, 11) is 0. The summed E-state index contributed by atoms with van der Waals surface area (Å²) in [6, 6.07) is 0. The number of carbonyl (C=O) groups excluding carboxylic acids is 1. The van der Waals surface area contributed by atoms with Crippen molar-refractivity contribution in [2.24, 2.45) is 0 Å². The molecule has 0 bridgehead atoms. The SMILES string of the molecule is CC(=O)OCCCCCC[NH]. The first-order chi connectivity index (χ1) is 5.27. The Morgan fingerprint density at radius 2 is 1.91 bits per heavy atom. The second-order valence-corrected chi connectivity index (χ2v) is 2.50. The Morgan fingerprint density at radius 1 is 1.27 bits per heavy atom. The van der Waals surface area contributed by atoms with E-state index >= 15 is 0 Å². The lowest BCUT2D eigenvalue weighted by molar-refractivity contribution is -0.141. The first-order valence-electron chi connectivity index (χ1n) is 4.05. The molecule has 0 atom stereocenters. The monoisotopic (exact) mass is 158 g/mol. The van der Waals surface area contributed by atoms with Crippen molar-refractivity contribution in [2.75, 3.05) is 13.2 Å². The number of esters is 1. The van der Waals surface area contributed by atoms with Gasteiger partial charge in [0, 0.05) is 13.5 Å². The van der Waals surface area contributed by atoms with Gasteiger partial charge < -0.3 is 4.74 Å². The van der Waals surface area contributed by atoms with Crippen LogP contribution in [0.4, 0.5) is 0 Å². The second-order valence-electron chi connectivity index (χ2n) is 2.50. The van der Waals surface area contributed by atoms with Gasteiger partial charge in [0.25, 0.3) is 0 Å². The summed E-state index contributed by atoms with van der Waals surface area (Å²) in [5.74, 6) is -0.203. The lowest BCUT2D eigenvalue weighted by atomic mass is 10.2. The van der Waals surface area contributed by atoms with Gasteiger partial charge in [0.05, 0.1) is 6.61 Å². The molecule has 0 heterocycles. The summed E-state index contributed by atoms with van der Waals surface area (Å²) in [5, 5.41) is 0. The minimum Gasteiger partial charge on any atom is -0.466 e. The highest BCUT2D eigenvalue weighted by Crippen LogP contribution is 1.98. The van der Waals surface area contributed by atoms with Crippen LogP contribution in [0, 0.1) is 0 Å². The van der Waals surface area contributed by atoms with Crippen LogP contribution in [0.1, 0.15) is 32.6 Å². The van der Waals surface area contributed by atoms with Gasteiger partial charge in [0.2, 0.25) is 0 Å². The smallest absolute Gasteiger partial charge is 0.302 e. The fraction of sp³-hybridized carbons (Fsp3) is 0.875. The maximum absolute atomic E-state index is 10.3. The van der Waals surface area contributed by atoms with Gasteiger partial charge in [-0.2, -0.15) is 0 Å². The molecule has 0 aliphatic rings. The van der Waals surface area contributed by atoms with E-state index in [4.69, 9.17) is 10.5 Å². The first-order valence-corrected chi connectivity index (χ1v) is 4.05. The Morgan fingerprint density at radius 3 is 2.45 bits per heavy atom. The topological polar surface area (TPSA) is 50.1 Å². The Kier molecular flexibility index (Phi) is 7.15. The van der Waals surface area contributed by atoms with Crippen LogP contribution >= 0.6 is 0 Å². The van der Waals surface area contributed by atoms with Crippen molar-refractivity contribution in [3.05, 3.63) is 0 Å². The molecule has 3 nitrogen and oxygen atoms in total. The molecule has 0 aromatic rings. The molecule has 1 N–H and O–H groups in total. The molecule has 0 aromatic heterocycles. The maximum atomic E-state index is 10.3. The molecule has 0 aliphatic heterocycles. The van der Waals surface area contributed by atoms with E-state index in [1.54, 1.807) is 0 Å². The van der Waals surface area contributed by atoms with Gasteiger partial charge in [0.1, 0.15) is 0 Å². The van der Waals surface area contributed by atoms with E-state index in [0.29, 0.717) is 13.2 Å². The fourth-order valence-electron chi connectivity index (χ4n) is 0.797. The van der Waals surface area contributed by atoms with Crippen molar-refractivity contribution >= 4 is 5.97 Å². The zero-order valence-electron chi connectivity index (χ0n) is 7.06. The number of hydrogen-bond donors (Lipinski definition) is 0. The second kappa shape index (κ2) is 7.54. The van der Waals surface area contributed by atoms with E-state index in [1.165, 1.54) is 6.92 Å². The molecule has 0 rings (SSSR count). The molecule has 0 aliphatic carbocycles. The molecule has 3 heteroatoms. The highest BCUT2D eigenvalue weighted by Gasteiger charge is 1.92. The van der Waals surface area contributed by atoms with Crippen LogP contribution in [-0.4, -0.2) is 19.1 Å². The van der Waals surface area contributed by atoms with E-state index in [9.17, 15) is 4.79 Å². The van der Waals surface area contributed by atoms with Gasteiger partial charge in [-0.25, -0.2) is 0 Å². The van der Waals surface area contributed by atoms with Crippen LogP contribution in [0.15, 0.2) is 0 Å². The van der Waals surface area contributed by atoms with Crippen molar-refractivity contribution in [3.63, 3.8) is 0 Å². The molecular formula is C8H16NO2. The zero-order chi connectivity index (χ0) is 8.53. The van der Waals surface area contributed by atoms with Crippen molar-refractivity contribution in [1.29, 1.82) is 0 Å². The summed E-state index contributed by atoms with van der Waals surface area (Å²) in [4.78, 5) is 10.3.